The molecule has 3 nitrogen and oxygen atoms in total. The van der Waals surface area contributed by atoms with E-state index in [4.69, 9.17) is 4.74 Å². The monoisotopic (exact) mass is 208 g/mol. The minimum atomic E-state index is 0.534. The smallest absolute Gasteiger partial charge is 0.0591 e. The van der Waals surface area contributed by atoms with E-state index in [1.807, 2.05) is 12.3 Å². The Hall–Kier alpha value is -0.930. The number of pyridine rings is 1. The molecule has 0 aliphatic rings. The van der Waals surface area contributed by atoms with Gasteiger partial charge in [-0.1, -0.05) is 19.9 Å². The van der Waals surface area contributed by atoms with Gasteiger partial charge in [0.25, 0.3) is 0 Å². The second-order valence-electron chi connectivity index (χ2n) is 3.83. The maximum Gasteiger partial charge on any atom is 0.0591 e. The van der Waals surface area contributed by atoms with Crippen LogP contribution in [0.15, 0.2) is 24.5 Å². The van der Waals surface area contributed by atoms with Crippen LogP contribution < -0.4 is 5.32 Å². The van der Waals surface area contributed by atoms with Gasteiger partial charge < -0.3 is 10.1 Å². The van der Waals surface area contributed by atoms with E-state index in [-0.39, 0.29) is 0 Å². The van der Waals surface area contributed by atoms with Crippen LogP contribution >= 0.6 is 0 Å². The lowest BCUT2D eigenvalue weighted by Gasteiger charge is -2.08. The van der Waals surface area contributed by atoms with Gasteiger partial charge in [0, 0.05) is 25.0 Å². The first kappa shape index (κ1) is 12.1. The number of aromatic nitrogens is 1. The topological polar surface area (TPSA) is 34.1 Å². The third kappa shape index (κ3) is 6.20. The number of nitrogens with zero attached hydrogens (tertiary/aromatic N) is 1. The van der Waals surface area contributed by atoms with Gasteiger partial charge in [-0.2, -0.15) is 0 Å². The molecule has 1 heterocycles. The van der Waals surface area contributed by atoms with Gasteiger partial charge in [-0.05, 0) is 18.1 Å². The van der Waals surface area contributed by atoms with E-state index in [1.165, 1.54) is 5.56 Å². The molecule has 0 aromatic carbocycles. The molecule has 0 atom stereocenters. The van der Waals surface area contributed by atoms with E-state index in [9.17, 15) is 0 Å². The van der Waals surface area contributed by atoms with Gasteiger partial charge in [0.15, 0.2) is 0 Å². The lowest BCUT2D eigenvalue weighted by atomic mass is 10.2. The Labute approximate surface area is 91.9 Å². The Morgan fingerprint density at radius 1 is 1.40 bits per heavy atom. The van der Waals surface area contributed by atoms with E-state index in [1.54, 1.807) is 6.20 Å². The van der Waals surface area contributed by atoms with Crippen molar-refractivity contribution in [3.8, 4) is 0 Å². The molecule has 0 saturated carbocycles. The first-order valence-electron chi connectivity index (χ1n) is 5.49. The summed E-state index contributed by atoms with van der Waals surface area (Å²) in [7, 11) is 0. The number of nitrogens with one attached hydrogen (secondary N) is 1. The zero-order valence-corrected chi connectivity index (χ0v) is 9.57. The van der Waals surface area contributed by atoms with Crippen LogP contribution in [-0.2, 0) is 11.2 Å². The van der Waals surface area contributed by atoms with Crippen LogP contribution in [0.1, 0.15) is 19.4 Å². The van der Waals surface area contributed by atoms with E-state index in [0.29, 0.717) is 6.04 Å². The summed E-state index contributed by atoms with van der Waals surface area (Å²) < 4.78 is 5.50. The largest absolute Gasteiger partial charge is 0.380 e. The molecule has 0 aliphatic heterocycles. The van der Waals surface area contributed by atoms with Crippen molar-refractivity contribution in [2.45, 2.75) is 26.3 Å². The van der Waals surface area contributed by atoms with E-state index < -0.39 is 0 Å². The molecular weight excluding hydrogens is 188 g/mol. The Bertz CT molecular complexity index is 249. The van der Waals surface area contributed by atoms with Crippen molar-refractivity contribution >= 4 is 0 Å². The van der Waals surface area contributed by atoms with Crippen molar-refractivity contribution < 1.29 is 4.74 Å². The van der Waals surface area contributed by atoms with E-state index in [2.05, 4.69) is 30.2 Å². The van der Waals surface area contributed by atoms with Crippen LogP contribution in [0.25, 0.3) is 0 Å². The second-order valence-corrected chi connectivity index (χ2v) is 3.83. The lowest BCUT2D eigenvalue weighted by molar-refractivity contribution is 0.137. The summed E-state index contributed by atoms with van der Waals surface area (Å²) >= 11 is 0. The molecule has 1 aromatic heterocycles. The van der Waals surface area contributed by atoms with Gasteiger partial charge in [-0.15, -0.1) is 0 Å². The van der Waals surface area contributed by atoms with Gasteiger partial charge in [0.2, 0.25) is 0 Å². The summed E-state index contributed by atoms with van der Waals surface area (Å²) in [6.45, 7) is 6.74. The fourth-order valence-corrected chi connectivity index (χ4v) is 1.26. The van der Waals surface area contributed by atoms with Crippen LogP contribution in [0.4, 0.5) is 0 Å². The number of ether oxygens (including phenoxy) is 1. The maximum atomic E-state index is 5.50. The van der Waals surface area contributed by atoms with Crippen LogP contribution in [0.2, 0.25) is 0 Å². The summed E-state index contributed by atoms with van der Waals surface area (Å²) in [6.07, 6.45) is 4.61. The molecule has 1 rings (SSSR count). The van der Waals surface area contributed by atoms with Crippen molar-refractivity contribution in [3.05, 3.63) is 30.1 Å². The molecule has 15 heavy (non-hydrogen) atoms. The predicted octanol–water partition coefficient (Wildman–Crippen LogP) is 1.64. The quantitative estimate of drug-likeness (QED) is 0.692. The average Bonchev–Trinajstić information content (AvgIpc) is 2.24. The predicted molar refractivity (Wildman–Crippen MR) is 61.9 cm³/mol. The van der Waals surface area contributed by atoms with Crippen molar-refractivity contribution in [2.24, 2.45) is 0 Å². The van der Waals surface area contributed by atoms with Crippen LogP contribution in [0.5, 0.6) is 0 Å². The molecule has 0 aliphatic carbocycles. The minimum Gasteiger partial charge on any atom is -0.380 e. The summed E-state index contributed by atoms with van der Waals surface area (Å²) in [5.74, 6) is 0. The molecule has 84 valence electrons. The molecule has 3 heteroatoms. The Morgan fingerprint density at radius 3 is 2.93 bits per heavy atom. The highest BCUT2D eigenvalue weighted by Crippen LogP contribution is 1.96. The van der Waals surface area contributed by atoms with Crippen molar-refractivity contribution in [2.75, 3.05) is 19.8 Å². The van der Waals surface area contributed by atoms with E-state index >= 15 is 0 Å². The summed E-state index contributed by atoms with van der Waals surface area (Å²) in [6, 6.07) is 4.56. The standard InChI is InChI=1S/C12H20N2O/c1-11(2)14-7-9-15-8-5-12-4-3-6-13-10-12/h3-4,6,10-11,14H,5,7-9H2,1-2H3. The summed E-state index contributed by atoms with van der Waals surface area (Å²) in [4.78, 5) is 4.06. The second kappa shape index (κ2) is 7.37. The number of hydrogen-bond donors (Lipinski definition) is 1. The zero-order chi connectivity index (χ0) is 10.9. The molecule has 0 radical (unpaired) electrons. The Balaban J connectivity index is 1.98. The van der Waals surface area contributed by atoms with Crippen LogP contribution in [0.3, 0.4) is 0 Å². The van der Waals surface area contributed by atoms with Crippen LogP contribution in [-0.4, -0.2) is 30.8 Å². The normalized spacial score (nSPS) is 10.9. The van der Waals surface area contributed by atoms with Gasteiger partial charge in [-0.25, -0.2) is 0 Å². The Kier molecular flexibility index (Phi) is 5.97. The average molecular weight is 208 g/mol. The number of rotatable bonds is 7. The fraction of sp³-hybridized carbons (Fsp3) is 0.583. The van der Waals surface area contributed by atoms with E-state index in [0.717, 1.165) is 26.2 Å². The van der Waals surface area contributed by atoms with Gasteiger partial charge in [-0.3, -0.25) is 4.98 Å². The molecule has 0 saturated heterocycles. The van der Waals surface area contributed by atoms with Crippen LogP contribution in [0, 0.1) is 0 Å². The number of hydrogen-bond acceptors (Lipinski definition) is 3. The molecule has 0 unspecified atom stereocenters. The molecule has 0 spiro atoms. The molecule has 1 aromatic rings. The zero-order valence-electron chi connectivity index (χ0n) is 9.57. The fourth-order valence-electron chi connectivity index (χ4n) is 1.26. The molecule has 0 bridgehead atoms. The van der Waals surface area contributed by atoms with Gasteiger partial charge in [0.1, 0.15) is 0 Å². The third-order valence-corrected chi connectivity index (χ3v) is 2.06. The maximum absolute atomic E-state index is 5.50. The summed E-state index contributed by atoms with van der Waals surface area (Å²) in [5.41, 5.74) is 1.23. The molecule has 1 N–H and O–H groups in total. The van der Waals surface area contributed by atoms with Gasteiger partial charge in [0.05, 0.1) is 13.2 Å². The van der Waals surface area contributed by atoms with Crippen molar-refractivity contribution in [1.82, 2.24) is 10.3 Å². The van der Waals surface area contributed by atoms with Crippen molar-refractivity contribution in [3.63, 3.8) is 0 Å². The Morgan fingerprint density at radius 2 is 2.27 bits per heavy atom. The minimum absolute atomic E-state index is 0.534. The first-order chi connectivity index (χ1) is 7.29. The lowest BCUT2D eigenvalue weighted by Crippen LogP contribution is -2.26. The third-order valence-electron chi connectivity index (χ3n) is 2.06. The highest BCUT2D eigenvalue weighted by Gasteiger charge is 1.94. The highest BCUT2D eigenvalue weighted by atomic mass is 16.5. The molecule has 0 fully saturated rings. The highest BCUT2D eigenvalue weighted by molar-refractivity contribution is 5.08. The summed E-state index contributed by atoms with van der Waals surface area (Å²) in [5, 5.41) is 3.31. The molecular formula is C12H20N2O. The van der Waals surface area contributed by atoms with Crippen molar-refractivity contribution in [1.29, 1.82) is 0 Å². The molecule has 0 amide bonds. The first-order valence-corrected chi connectivity index (χ1v) is 5.49. The van der Waals surface area contributed by atoms with Gasteiger partial charge >= 0.3 is 0 Å². The SMILES string of the molecule is CC(C)NCCOCCc1cccnc1.